The summed E-state index contributed by atoms with van der Waals surface area (Å²) >= 11 is 0. The number of nitrogens with zero attached hydrogens (tertiary/aromatic N) is 2. The first-order valence-electron chi connectivity index (χ1n) is 13.7. The van der Waals surface area contributed by atoms with Gasteiger partial charge in [0.25, 0.3) is 0 Å². The van der Waals surface area contributed by atoms with Gasteiger partial charge in [-0.05, 0) is 86.3 Å². The Morgan fingerprint density at radius 1 is 1.10 bits per heavy atom. The highest BCUT2D eigenvalue weighted by Crippen LogP contribution is 2.63. The highest BCUT2D eigenvalue weighted by molar-refractivity contribution is 7.91. The van der Waals surface area contributed by atoms with Gasteiger partial charge in [-0.3, -0.25) is 9.69 Å². The van der Waals surface area contributed by atoms with Crippen LogP contribution in [0.5, 0.6) is 0 Å². The first-order chi connectivity index (χ1) is 18.8. The molecule has 2 aromatic rings. The summed E-state index contributed by atoms with van der Waals surface area (Å²) < 4.78 is 44.8. The molecule has 212 valence electrons. The standard InChI is InChI=1S/C30H34FN3O5S/c1-5-40(37,38)21-10-8-17(9-11-21)18-6-7-19(25(31)13-18)12-20(16-32)33-28(35)27-24-15-26(23-14-22(23)24)34(27)29(36)39-30(2,3)4/h6-11,13,20,22-24,26-27H,5,12,14-15H2,1-4H3,(H,33,35)/t20-,22+,23-,24-,26-,27-/m0/s1. The second-order valence-corrected chi connectivity index (χ2v) is 14.3. The molecule has 1 aliphatic heterocycles. The number of rotatable bonds is 7. The average Bonchev–Trinajstić information content (AvgIpc) is 3.51. The number of carbonyl (C=O) groups is 2. The Morgan fingerprint density at radius 2 is 1.77 bits per heavy atom. The Morgan fingerprint density at radius 3 is 2.38 bits per heavy atom. The van der Waals surface area contributed by atoms with Crippen molar-refractivity contribution >= 4 is 21.8 Å². The highest BCUT2D eigenvalue weighted by Gasteiger charge is 2.67. The van der Waals surface area contributed by atoms with E-state index in [1.165, 1.54) is 18.2 Å². The number of fused-ring (bicyclic) bond motifs is 5. The summed E-state index contributed by atoms with van der Waals surface area (Å²) in [6.07, 6.45) is 1.20. The van der Waals surface area contributed by atoms with Crippen LogP contribution in [-0.2, 0) is 25.8 Å². The Labute approximate surface area is 234 Å². The lowest BCUT2D eigenvalue weighted by Crippen LogP contribution is -2.56. The van der Waals surface area contributed by atoms with Gasteiger partial charge >= 0.3 is 6.09 Å². The molecule has 10 heteroatoms. The Kier molecular flexibility index (Phi) is 7.15. The van der Waals surface area contributed by atoms with E-state index in [1.807, 2.05) is 0 Å². The van der Waals surface area contributed by atoms with Crippen molar-refractivity contribution in [3.05, 3.63) is 53.8 Å². The molecule has 8 nitrogen and oxygen atoms in total. The van der Waals surface area contributed by atoms with Crippen molar-refractivity contribution in [3.63, 3.8) is 0 Å². The number of carbonyl (C=O) groups excluding carboxylic acids is 2. The topological polar surface area (TPSA) is 117 Å². The van der Waals surface area contributed by atoms with Gasteiger partial charge in [0.1, 0.15) is 23.5 Å². The number of halogens is 1. The fourth-order valence-electron chi connectivity index (χ4n) is 6.30. The van der Waals surface area contributed by atoms with Crippen LogP contribution < -0.4 is 5.32 Å². The van der Waals surface area contributed by atoms with Crippen molar-refractivity contribution in [2.75, 3.05) is 5.75 Å². The SMILES string of the molecule is CCS(=O)(=O)c1ccc(-c2ccc(C[C@@H](C#N)NC(=O)[C@@H]3[C@H]4C[C@@H]([C@H]5C[C@@H]45)N3C(=O)OC(C)(C)C)c(F)c2)cc1. The summed E-state index contributed by atoms with van der Waals surface area (Å²) in [5.74, 6) is -0.0809. The maximum atomic E-state index is 15.1. The van der Waals surface area contributed by atoms with Crippen molar-refractivity contribution in [2.24, 2.45) is 17.8 Å². The van der Waals surface area contributed by atoms with Gasteiger partial charge in [0.2, 0.25) is 5.91 Å². The van der Waals surface area contributed by atoms with E-state index in [2.05, 4.69) is 11.4 Å². The van der Waals surface area contributed by atoms with Crippen LogP contribution in [0.15, 0.2) is 47.4 Å². The van der Waals surface area contributed by atoms with E-state index >= 15 is 4.39 Å². The van der Waals surface area contributed by atoms with Gasteiger partial charge in [-0.25, -0.2) is 17.6 Å². The van der Waals surface area contributed by atoms with Crippen LogP contribution in [0.1, 0.15) is 46.1 Å². The molecule has 0 radical (unpaired) electrons. The first kappa shape index (κ1) is 28.1. The molecule has 2 aromatic carbocycles. The van der Waals surface area contributed by atoms with E-state index in [9.17, 15) is 23.3 Å². The summed E-state index contributed by atoms with van der Waals surface area (Å²) in [5, 5.41) is 12.5. The number of hydrogen-bond acceptors (Lipinski definition) is 6. The lowest BCUT2D eigenvalue weighted by Gasteiger charge is -2.35. The van der Waals surface area contributed by atoms with Crippen molar-refractivity contribution in [1.82, 2.24) is 10.2 Å². The Hall–Kier alpha value is -3.45. The lowest BCUT2D eigenvalue weighted by atomic mass is 9.95. The van der Waals surface area contributed by atoms with Crippen LogP contribution >= 0.6 is 0 Å². The highest BCUT2D eigenvalue weighted by atomic mass is 32.2. The molecular formula is C30H34FN3O5S. The lowest BCUT2D eigenvalue weighted by molar-refractivity contribution is -0.128. The minimum absolute atomic E-state index is 0.00557. The van der Waals surface area contributed by atoms with Crippen LogP contribution in [-0.4, -0.2) is 54.8 Å². The molecule has 2 amide bonds. The molecule has 1 N–H and O–H groups in total. The number of benzene rings is 2. The number of piperidine rings is 1. The van der Waals surface area contributed by atoms with E-state index in [4.69, 9.17) is 4.74 Å². The summed E-state index contributed by atoms with van der Waals surface area (Å²) in [6.45, 7) is 6.93. The minimum atomic E-state index is -3.33. The number of ether oxygens (including phenoxy) is 1. The van der Waals surface area contributed by atoms with Gasteiger partial charge in [0, 0.05) is 12.5 Å². The molecule has 2 aliphatic carbocycles. The Balaban J connectivity index is 1.28. The van der Waals surface area contributed by atoms with E-state index in [0.717, 1.165) is 12.8 Å². The molecule has 3 fully saturated rings. The monoisotopic (exact) mass is 567 g/mol. The summed E-state index contributed by atoms with van der Waals surface area (Å²) in [4.78, 5) is 28.2. The molecule has 1 heterocycles. The van der Waals surface area contributed by atoms with Crippen LogP contribution in [0, 0.1) is 34.9 Å². The zero-order chi connectivity index (χ0) is 29.0. The Bertz CT molecular complexity index is 1480. The third kappa shape index (κ3) is 5.31. The van der Waals surface area contributed by atoms with Gasteiger partial charge in [-0.1, -0.05) is 31.2 Å². The summed E-state index contributed by atoms with van der Waals surface area (Å²) in [5.41, 5.74) is 0.785. The largest absolute Gasteiger partial charge is 0.444 e. The van der Waals surface area contributed by atoms with Crippen LogP contribution in [0.3, 0.4) is 0 Å². The van der Waals surface area contributed by atoms with E-state index in [1.54, 1.807) is 56.9 Å². The predicted molar refractivity (Wildman–Crippen MR) is 146 cm³/mol. The quantitative estimate of drug-likeness (QED) is 0.527. The number of nitrogens with one attached hydrogen (secondary N) is 1. The second kappa shape index (κ2) is 10.2. The van der Waals surface area contributed by atoms with Gasteiger partial charge in [0.15, 0.2) is 9.84 Å². The van der Waals surface area contributed by atoms with E-state index < -0.39 is 45.3 Å². The average molecular weight is 568 g/mol. The van der Waals surface area contributed by atoms with E-state index in [-0.39, 0.29) is 34.6 Å². The van der Waals surface area contributed by atoms with Crippen LogP contribution in [0.25, 0.3) is 11.1 Å². The molecule has 40 heavy (non-hydrogen) atoms. The fourth-order valence-corrected chi connectivity index (χ4v) is 7.18. The van der Waals surface area contributed by atoms with Gasteiger partial charge in [-0.2, -0.15) is 5.26 Å². The molecule has 5 rings (SSSR count). The third-order valence-electron chi connectivity index (χ3n) is 8.26. The summed E-state index contributed by atoms with van der Waals surface area (Å²) in [6, 6.07) is 11.2. The van der Waals surface area contributed by atoms with Gasteiger partial charge < -0.3 is 10.1 Å². The van der Waals surface area contributed by atoms with Crippen molar-refractivity contribution in [1.29, 1.82) is 5.26 Å². The molecular weight excluding hydrogens is 533 g/mol. The normalized spacial score (nSPS) is 25.6. The fraction of sp³-hybridized carbons (Fsp3) is 0.500. The molecule has 2 bridgehead atoms. The predicted octanol–water partition coefficient (Wildman–Crippen LogP) is 4.48. The smallest absolute Gasteiger partial charge is 0.411 e. The minimum Gasteiger partial charge on any atom is -0.444 e. The van der Waals surface area contributed by atoms with Crippen molar-refractivity contribution < 1.29 is 27.1 Å². The zero-order valence-electron chi connectivity index (χ0n) is 23.1. The molecule has 1 saturated heterocycles. The number of amides is 2. The zero-order valence-corrected chi connectivity index (χ0v) is 23.9. The van der Waals surface area contributed by atoms with Crippen LogP contribution in [0.2, 0.25) is 0 Å². The molecule has 0 aromatic heterocycles. The number of hydrogen-bond donors (Lipinski definition) is 1. The molecule has 6 atom stereocenters. The molecule has 0 spiro atoms. The van der Waals surface area contributed by atoms with Gasteiger partial charge in [0.05, 0.1) is 16.7 Å². The first-order valence-corrected chi connectivity index (χ1v) is 15.3. The van der Waals surface area contributed by atoms with Crippen LogP contribution in [0.4, 0.5) is 9.18 Å². The summed E-state index contributed by atoms with van der Waals surface area (Å²) in [7, 11) is -3.33. The maximum Gasteiger partial charge on any atom is 0.411 e. The van der Waals surface area contributed by atoms with Gasteiger partial charge in [-0.15, -0.1) is 0 Å². The van der Waals surface area contributed by atoms with E-state index in [0.29, 0.717) is 23.0 Å². The molecule has 3 aliphatic rings. The molecule has 2 saturated carbocycles. The number of nitriles is 1. The third-order valence-corrected chi connectivity index (χ3v) is 10.0. The van der Waals surface area contributed by atoms with Crippen molar-refractivity contribution in [2.45, 2.75) is 75.6 Å². The second-order valence-electron chi connectivity index (χ2n) is 12.0. The van der Waals surface area contributed by atoms with Crippen molar-refractivity contribution in [3.8, 4) is 17.2 Å². The number of likely N-dealkylation sites (tertiary alicyclic amines) is 1. The maximum absolute atomic E-state index is 15.1. The molecule has 0 unspecified atom stereocenters. The number of sulfone groups is 1.